The maximum atomic E-state index is 10.9. The minimum Gasteiger partial charge on any atom is -0.394 e. The Kier molecular flexibility index (Phi) is 9.69. The summed E-state index contributed by atoms with van der Waals surface area (Å²) in [6, 6.07) is 11.6. The van der Waals surface area contributed by atoms with E-state index in [4.69, 9.17) is 0 Å². The monoisotopic (exact) mass is 362 g/mol. The molecule has 25 heavy (non-hydrogen) atoms. The molecule has 0 heterocycles. The predicted molar refractivity (Wildman–Crippen MR) is 112 cm³/mol. The molecular formula is C22H38O2Si. The van der Waals surface area contributed by atoms with E-state index in [9.17, 15) is 10.2 Å². The van der Waals surface area contributed by atoms with Gasteiger partial charge in [0.25, 0.3) is 0 Å². The van der Waals surface area contributed by atoms with Gasteiger partial charge in [0.15, 0.2) is 0 Å². The summed E-state index contributed by atoms with van der Waals surface area (Å²) < 4.78 is 0. The number of unbranched alkanes of at least 4 members (excludes halogenated alkanes) is 4. The van der Waals surface area contributed by atoms with Crippen molar-refractivity contribution in [1.29, 1.82) is 0 Å². The largest absolute Gasteiger partial charge is 0.394 e. The van der Waals surface area contributed by atoms with Gasteiger partial charge in [-0.1, -0.05) is 94.1 Å². The molecule has 0 amide bonds. The first-order valence-electron chi connectivity index (χ1n) is 9.87. The fourth-order valence-electron chi connectivity index (χ4n) is 4.23. The number of benzene rings is 1. The molecule has 2 atom stereocenters. The Labute approximate surface area is 156 Å². The third kappa shape index (κ3) is 6.09. The second-order valence-electron chi connectivity index (χ2n) is 8.06. The van der Waals surface area contributed by atoms with Gasteiger partial charge in [0.2, 0.25) is 0 Å². The first-order valence-corrected chi connectivity index (χ1v) is 13.1. The molecule has 1 rings (SSSR count). The number of aliphatic hydroxyl groups excluding tert-OH is 2. The van der Waals surface area contributed by atoms with Crippen molar-refractivity contribution in [3.8, 4) is 0 Å². The molecule has 3 heteroatoms. The number of allylic oxidation sites excluding steroid dienone is 1. The molecule has 0 aliphatic heterocycles. The molecule has 0 saturated heterocycles. The maximum absolute atomic E-state index is 10.9. The standard InChI is InChI=1S/C22H38O2Si/c1-5-7-8-9-13-17-22(16-6-2,21(24)18-23)25(3,4)19-20-14-11-10-12-15-20/h6,10-12,14-15,21,23-24H,2,5,7-9,13,16-19H2,1,3-4H3/t21-,22-/m0/s1. The molecule has 142 valence electrons. The molecule has 0 saturated carbocycles. The fourth-order valence-corrected chi connectivity index (χ4v) is 8.38. The lowest BCUT2D eigenvalue weighted by Gasteiger charge is -2.48. The van der Waals surface area contributed by atoms with Crippen molar-refractivity contribution in [2.45, 2.75) is 82.1 Å². The summed E-state index contributed by atoms with van der Waals surface area (Å²) in [7, 11) is -1.88. The van der Waals surface area contributed by atoms with Crippen molar-refractivity contribution < 1.29 is 10.2 Å². The Bertz CT molecular complexity index is 486. The van der Waals surface area contributed by atoms with E-state index < -0.39 is 14.2 Å². The van der Waals surface area contributed by atoms with Crippen molar-refractivity contribution in [2.75, 3.05) is 6.61 Å². The molecule has 0 radical (unpaired) electrons. The first-order chi connectivity index (χ1) is 11.9. The number of hydrogen-bond donors (Lipinski definition) is 2. The van der Waals surface area contributed by atoms with Gasteiger partial charge in [-0.05, 0) is 23.9 Å². The molecule has 0 unspecified atom stereocenters. The zero-order valence-electron chi connectivity index (χ0n) is 16.5. The number of hydrogen-bond acceptors (Lipinski definition) is 2. The van der Waals surface area contributed by atoms with Crippen molar-refractivity contribution in [2.24, 2.45) is 0 Å². The lowest BCUT2D eigenvalue weighted by Crippen LogP contribution is -2.52. The summed E-state index contributed by atoms with van der Waals surface area (Å²) in [4.78, 5) is 0. The van der Waals surface area contributed by atoms with E-state index in [1.165, 1.54) is 31.2 Å². The third-order valence-electron chi connectivity index (χ3n) is 5.88. The fraction of sp³-hybridized carbons (Fsp3) is 0.636. The highest BCUT2D eigenvalue weighted by Crippen LogP contribution is 2.51. The van der Waals surface area contributed by atoms with E-state index in [1.54, 1.807) is 0 Å². The highest BCUT2D eigenvalue weighted by atomic mass is 28.3. The Morgan fingerprint density at radius 2 is 1.76 bits per heavy atom. The molecule has 0 aliphatic rings. The topological polar surface area (TPSA) is 40.5 Å². The minimum atomic E-state index is -1.88. The molecule has 1 aromatic rings. The third-order valence-corrected chi connectivity index (χ3v) is 10.7. The normalized spacial score (nSPS) is 15.6. The smallest absolute Gasteiger partial charge is 0.0806 e. The van der Waals surface area contributed by atoms with Crippen LogP contribution in [0.2, 0.25) is 18.1 Å². The predicted octanol–water partition coefficient (Wildman–Crippen LogP) is 5.51. The van der Waals surface area contributed by atoms with Crippen molar-refractivity contribution in [3.63, 3.8) is 0 Å². The molecule has 2 nitrogen and oxygen atoms in total. The Balaban J connectivity index is 3.02. The van der Waals surface area contributed by atoms with E-state index in [0.717, 1.165) is 25.3 Å². The van der Waals surface area contributed by atoms with Gasteiger partial charge in [-0.25, -0.2) is 0 Å². The average Bonchev–Trinajstić information content (AvgIpc) is 2.60. The van der Waals surface area contributed by atoms with Crippen molar-refractivity contribution in [3.05, 3.63) is 48.6 Å². The van der Waals surface area contributed by atoms with Crippen LogP contribution in [-0.4, -0.2) is 31.0 Å². The molecule has 2 N–H and O–H groups in total. The van der Waals surface area contributed by atoms with Gasteiger partial charge in [-0.3, -0.25) is 0 Å². The van der Waals surface area contributed by atoms with Gasteiger partial charge in [0.05, 0.1) is 20.8 Å². The Morgan fingerprint density at radius 3 is 2.32 bits per heavy atom. The van der Waals surface area contributed by atoms with Gasteiger partial charge >= 0.3 is 0 Å². The lowest BCUT2D eigenvalue weighted by molar-refractivity contribution is 0.0475. The van der Waals surface area contributed by atoms with Gasteiger partial charge in [0.1, 0.15) is 0 Å². The van der Waals surface area contributed by atoms with Crippen LogP contribution in [0, 0.1) is 0 Å². The maximum Gasteiger partial charge on any atom is 0.0806 e. The first kappa shape index (κ1) is 22.1. The highest BCUT2D eigenvalue weighted by Gasteiger charge is 2.49. The SMILES string of the molecule is C=CC[C@](CCCCCCC)([C@@H](O)CO)[Si](C)(C)Cc1ccccc1. The van der Waals surface area contributed by atoms with Crippen LogP contribution in [0.1, 0.15) is 57.4 Å². The zero-order chi connectivity index (χ0) is 18.8. The van der Waals surface area contributed by atoms with Gasteiger partial charge in [-0.2, -0.15) is 0 Å². The van der Waals surface area contributed by atoms with Crippen LogP contribution in [0.15, 0.2) is 43.0 Å². The quantitative estimate of drug-likeness (QED) is 0.276. The van der Waals surface area contributed by atoms with Crippen LogP contribution in [0.3, 0.4) is 0 Å². The van der Waals surface area contributed by atoms with Crippen LogP contribution >= 0.6 is 0 Å². The summed E-state index contributed by atoms with van der Waals surface area (Å²) in [6.45, 7) is 10.8. The summed E-state index contributed by atoms with van der Waals surface area (Å²) in [5.74, 6) is 0. The number of rotatable bonds is 13. The summed E-state index contributed by atoms with van der Waals surface area (Å²) in [5.41, 5.74) is 1.34. The Morgan fingerprint density at radius 1 is 1.12 bits per heavy atom. The number of aliphatic hydroxyl groups is 2. The van der Waals surface area contributed by atoms with Crippen LogP contribution in [0.4, 0.5) is 0 Å². The van der Waals surface area contributed by atoms with Crippen molar-refractivity contribution in [1.82, 2.24) is 0 Å². The van der Waals surface area contributed by atoms with Crippen LogP contribution in [0.5, 0.6) is 0 Å². The molecule has 0 bridgehead atoms. The summed E-state index contributed by atoms with van der Waals surface area (Å²) in [5, 5.41) is 20.4. The average molecular weight is 363 g/mol. The molecule has 0 aliphatic carbocycles. The van der Waals surface area contributed by atoms with Gasteiger partial charge in [0, 0.05) is 0 Å². The molecular weight excluding hydrogens is 324 g/mol. The molecule has 1 aromatic carbocycles. The highest BCUT2D eigenvalue weighted by molar-refractivity contribution is 6.80. The van der Waals surface area contributed by atoms with E-state index in [-0.39, 0.29) is 11.6 Å². The molecule has 0 aromatic heterocycles. The molecule has 0 fully saturated rings. The minimum absolute atomic E-state index is 0.159. The second-order valence-corrected chi connectivity index (χ2v) is 13.2. The van der Waals surface area contributed by atoms with Crippen LogP contribution in [0.25, 0.3) is 0 Å². The van der Waals surface area contributed by atoms with Crippen molar-refractivity contribution >= 4 is 8.07 Å². The zero-order valence-corrected chi connectivity index (χ0v) is 17.5. The van der Waals surface area contributed by atoms with Gasteiger partial charge < -0.3 is 10.2 Å². The summed E-state index contributed by atoms with van der Waals surface area (Å²) in [6.07, 6.45) is 9.16. The van der Waals surface area contributed by atoms with E-state index in [1.807, 2.05) is 12.1 Å². The van der Waals surface area contributed by atoms with Gasteiger partial charge in [-0.15, -0.1) is 6.58 Å². The summed E-state index contributed by atoms with van der Waals surface area (Å²) >= 11 is 0. The van der Waals surface area contributed by atoms with E-state index in [0.29, 0.717) is 0 Å². The lowest BCUT2D eigenvalue weighted by atomic mass is 9.90. The van der Waals surface area contributed by atoms with Crippen LogP contribution < -0.4 is 0 Å². The molecule has 0 spiro atoms. The van der Waals surface area contributed by atoms with Crippen LogP contribution in [-0.2, 0) is 6.04 Å². The Hall–Kier alpha value is -0.903. The van der Waals surface area contributed by atoms with E-state index >= 15 is 0 Å². The second kappa shape index (κ2) is 10.9. The van der Waals surface area contributed by atoms with E-state index in [2.05, 4.69) is 50.9 Å².